The molecule has 0 aliphatic heterocycles. The normalized spacial score (nSPS) is 16.4. The van der Waals surface area contributed by atoms with Crippen molar-refractivity contribution in [3.8, 4) is 5.75 Å². The molecule has 2 heteroatoms. The molecule has 0 heterocycles. The summed E-state index contributed by atoms with van der Waals surface area (Å²) in [7, 11) is 0. The van der Waals surface area contributed by atoms with Gasteiger partial charge in [0.05, 0.1) is 6.10 Å². The second kappa shape index (κ2) is 4.01. The van der Waals surface area contributed by atoms with E-state index in [1.54, 1.807) is 6.92 Å². The summed E-state index contributed by atoms with van der Waals surface area (Å²) in [4.78, 5) is 0. The predicted molar refractivity (Wildman–Crippen MR) is 55.6 cm³/mol. The average Bonchev–Trinajstić information content (AvgIpc) is 2.61. The maximum atomic E-state index is 9.08. The summed E-state index contributed by atoms with van der Waals surface area (Å²) in [6, 6.07) is 6.23. The van der Waals surface area contributed by atoms with Gasteiger partial charge in [-0.25, -0.2) is 0 Å². The van der Waals surface area contributed by atoms with Crippen molar-refractivity contribution in [3.63, 3.8) is 0 Å². The smallest absolute Gasteiger partial charge is 0.119 e. The Balaban J connectivity index is 2.05. The van der Waals surface area contributed by atoms with Crippen LogP contribution in [0.3, 0.4) is 0 Å². The third kappa shape index (κ3) is 2.07. The van der Waals surface area contributed by atoms with Crippen LogP contribution in [0.5, 0.6) is 5.75 Å². The van der Waals surface area contributed by atoms with Crippen LogP contribution in [-0.2, 0) is 12.8 Å². The third-order valence-corrected chi connectivity index (χ3v) is 2.56. The zero-order valence-corrected chi connectivity index (χ0v) is 8.49. The van der Waals surface area contributed by atoms with Crippen LogP contribution in [0, 0.1) is 0 Å². The number of benzene rings is 1. The molecule has 0 radical (unpaired) electrons. The topological polar surface area (TPSA) is 29.5 Å². The lowest BCUT2D eigenvalue weighted by atomic mass is 10.1. The molecule has 0 spiro atoms. The molecule has 0 fully saturated rings. The van der Waals surface area contributed by atoms with E-state index in [-0.39, 0.29) is 0 Å². The molecule has 1 aliphatic rings. The van der Waals surface area contributed by atoms with Crippen molar-refractivity contribution < 1.29 is 9.84 Å². The van der Waals surface area contributed by atoms with E-state index in [1.807, 2.05) is 6.07 Å². The molecule has 2 rings (SSSR count). The Morgan fingerprint density at radius 1 is 1.36 bits per heavy atom. The van der Waals surface area contributed by atoms with Gasteiger partial charge in [-0.2, -0.15) is 0 Å². The van der Waals surface area contributed by atoms with Crippen LogP contribution < -0.4 is 4.74 Å². The van der Waals surface area contributed by atoms with Crippen LogP contribution >= 0.6 is 0 Å². The largest absolute Gasteiger partial charge is 0.491 e. The standard InChI is InChI=1S/C12H16O2/c1-9(13)8-14-12-6-5-10-3-2-4-11(10)7-12/h5-7,9,13H,2-4,8H2,1H3/t9-/m1/s1. The highest BCUT2D eigenvalue weighted by Crippen LogP contribution is 2.25. The van der Waals surface area contributed by atoms with E-state index in [4.69, 9.17) is 9.84 Å². The molecule has 0 aromatic heterocycles. The maximum absolute atomic E-state index is 9.08. The van der Waals surface area contributed by atoms with Crippen LogP contribution in [0.4, 0.5) is 0 Å². The molecule has 1 N–H and O–H groups in total. The summed E-state index contributed by atoms with van der Waals surface area (Å²) >= 11 is 0. The molecular formula is C12H16O2. The predicted octanol–water partition coefficient (Wildman–Crippen LogP) is 1.93. The highest BCUT2D eigenvalue weighted by Gasteiger charge is 2.11. The van der Waals surface area contributed by atoms with Crippen molar-refractivity contribution in [1.29, 1.82) is 0 Å². The number of rotatable bonds is 3. The second-order valence-electron chi connectivity index (χ2n) is 3.94. The van der Waals surface area contributed by atoms with Gasteiger partial charge in [-0.1, -0.05) is 6.07 Å². The number of fused-ring (bicyclic) bond motifs is 1. The molecule has 0 bridgehead atoms. The Labute approximate surface area is 84.5 Å². The second-order valence-corrected chi connectivity index (χ2v) is 3.94. The minimum atomic E-state index is -0.400. The summed E-state index contributed by atoms with van der Waals surface area (Å²) in [5.41, 5.74) is 2.86. The molecule has 0 unspecified atom stereocenters. The molecule has 1 atom stereocenters. The quantitative estimate of drug-likeness (QED) is 0.793. The first-order chi connectivity index (χ1) is 6.75. The fraction of sp³-hybridized carbons (Fsp3) is 0.500. The van der Waals surface area contributed by atoms with Crippen molar-refractivity contribution in [3.05, 3.63) is 29.3 Å². The molecule has 2 nitrogen and oxygen atoms in total. The fourth-order valence-corrected chi connectivity index (χ4v) is 1.85. The lowest BCUT2D eigenvalue weighted by molar-refractivity contribution is 0.122. The summed E-state index contributed by atoms with van der Waals surface area (Å²) in [6.07, 6.45) is 3.23. The van der Waals surface area contributed by atoms with Crippen LogP contribution in [0.15, 0.2) is 18.2 Å². The van der Waals surface area contributed by atoms with E-state index >= 15 is 0 Å². The van der Waals surface area contributed by atoms with Gasteiger partial charge in [0, 0.05) is 0 Å². The summed E-state index contributed by atoms with van der Waals surface area (Å²) in [6.45, 7) is 2.10. The Kier molecular flexibility index (Phi) is 2.73. The number of aryl methyl sites for hydroxylation is 2. The number of hydrogen-bond acceptors (Lipinski definition) is 2. The Hall–Kier alpha value is -1.02. The van der Waals surface area contributed by atoms with Crippen LogP contribution in [0.2, 0.25) is 0 Å². The highest BCUT2D eigenvalue weighted by atomic mass is 16.5. The van der Waals surface area contributed by atoms with Crippen molar-refractivity contribution in [2.75, 3.05) is 6.61 Å². The van der Waals surface area contributed by atoms with Gasteiger partial charge in [0.2, 0.25) is 0 Å². The molecule has 1 aromatic carbocycles. The van der Waals surface area contributed by atoms with Gasteiger partial charge in [0.25, 0.3) is 0 Å². The molecule has 14 heavy (non-hydrogen) atoms. The van der Waals surface area contributed by atoms with E-state index < -0.39 is 6.10 Å². The van der Waals surface area contributed by atoms with E-state index in [2.05, 4.69) is 12.1 Å². The van der Waals surface area contributed by atoms with E-state index in [1.165, 1.54) is 30.4 Å². The molecule has 1 aromatic rings. The maximum Gasteiger partial charge on any atom is 0.119 e. The minimum absolute atomic E-state index is 0.374. The van der Waals surface area contributed by atoms with E-state index in [0.717, 1.165) is 5.75 Å². The first-order valence-corrected chi connectivity index (χ1v) is 5.18. The van der Waals surface area contributed by atoms with Crippen LogP contribution in [0.25, 0.3) is 0 Å². The Morgan fingerprint density at radius 3 is 2.93 bits per heavy atom. The Morgan fingerprint density at radius 2 is 2.14 bits per heavy atom. The van der Waals surface area contributed by atoms with Gasteiger partial charge in [0.1, 0.15) is 12.4 Å². The number of ether oxygens (including phenoxy) is 1. The monoisotopic (exact) mass is 192 g/mol. The van der Waals surface area contributed by atoms with Crippen molar-refractivity contribution in [1.82, 2.24) is 0 Å². The van der Waals surface area contributed by atoms with Gasteiger partial charge in [-0.15, -0.1) is 0 Å². The lowest BCUT2D eigenvalue weighted by Gasteiger charge is -2.09. The third-order valence-electron chi connectivity index (χ3n) is 2.56. The first kappa shape index (κ1) is 9.53. The van der Waals surface area contributed by atoms with Gasteiger partial charge in [0.15, 0.2) is 0 Å². The number of aliphatic hydroxyl groups excluding tert-OH is 1. The van der Waals surface area contributed by atoms with Gasteiger partial charge in [-0.3, -0.25) is 0 Å². The number of hydrogen-bond donors (Lipinski definition) is 1. The summed E-state index contributed by atoms with van der Waals surface area (Å²) in [5, 5.41) is 9.08. The molecule has 0 saturated carbocycles. The van der Waals surface area contributed by atoms with Crippen LogP contribution in [-0.4, -0.2) is 17.8 Å². The zero-order valence-electron chi connectivity index (χ0n) is 8.49. The van der Waals surface area contributed by atoms with Gasteiger partial charge in [-0.05, 0) is 49.4 Å². The zero-order chi connectivity index (χ0) is 9.97. The van der Waals surface area contributed by atoms with E-state index in [9.17, 15) is 0 Å². The summed E-state index contributed by atoms with van der Waals surface area (Å²) < 4.78 is 5.44. The van der Waals surface area contributed by atoms with Crippen molar-refractivity contribution in [2.45, 2.75) is 32.3 Å². The number of aliphatic hydroxyl groups is 1. The van der Waals surface area contributed by atoms with Gasteiger partial charge < -0.3 is 9.84 Å². The molecule has 1 aliphatic carbocycles. The fourth-order valence-electron chi connectivity index (χ4n) is 1.85. The molecular weight excluding hydrogens is 176 g/mol. The molecule has 0 saturated heterocycles. The summed E-state index contributed by atoms with van der Waals surface area (Å²) in [5.74, 6) is 0.881. The van der Waals surface area contributed by atoms with Gasteiger partial charge >= 0.3 is 0 Å². The van der Waals surface area contributed by atoms with E-state index in [0.29, 0.717) is 6.61 Å². The van der Waals surface area contributed by atoms with Crippen molar-refractivity contribution >= 4 is 0 Å². The van der Waals surface area contributed by atoms with Crippen LogP contribution in [0.1, 0.15) is 24.5 Å². The molecule has 0 amide bonds. The van der Waals surface area contributed by atoms with Crippen molar-refractivity contribution in [2.24, 2.45) is 0 Å². The molecule has 76 valence electrons. The first-order valence-electron chi connectivity index (χ1n) is 5.18. The highest BCUT2D eigenvalue weighted by molar-refractivity contribution is 5.38. The average molecular weight is 192 g/mol. The minimum Gasteiger partial charge on any atom is -0.491 e. The SMILES string of the molecule is C[C@@H](O)COc1ccc2c(c1)CCC2. The lowest BCUT2D eigenvalue weighted by Crippen LogP contribution is -2.12. The Bertz CT molecular complexity index is 318.